The third-order valence-corrected chi connectivity index (χ3v) is 6.21. The molecule has 3 aromatic rings. The van der Waals surface area contributed by atoms with Crippen LogP contribution in [0, 0.1) is 0 Å². The number of carbonyl (C=O) groups excluding carboxylic acids is 2. The Morgan fingerprint density at radius 1 is 0.976 bits per heavy atom. The molecule has 0 fully saturated rings. The number of nitrogens with zero attached hydrogens (tertiary/aromatic N) is 1. The lowest BCUT2D eigenvalue weighted by Crippen LogP contribution is -2.38. The average Bonchev–Trinajstić information content (AvgIpc) is 3.32. The van der Waals surface area contributed by atoms with E-state index >= 15 is 0 Å². The van der Waals surface area contributed by atoms with Gasteiger partial charge in [0.2, 0.25) is 5.91 Å². The average molecular weight is 571 g/mol. The van der Waals surface area contributed by atoms with Crippen LogP contribution in [0.15, 0.2) is 66.7 Å². The topological polar surface area (TPSA) is 77.1 Å². The number of nitrogens with one attached hydrogen (secondary N) is 1. The van der Waals surface area contributed by atoms with E-state index in [-0.39, 0.29) is 37.2 Å². The molecule has 0 atom stereocenters. The number of halogens is 3. The second kappa shape index (κ2) is 12.6. The van der Waals surface area contributed by atoms with Crippen molar-refractivity contribution in [2.45, 2.75) is 52.2 Å². The molecular weight excluding hydrogens is 537 g/mol. The Morgan fingerprint density at radius 3 is 2.44 bits per heavy atom. The number of carbonyl (C=O) groups is 2. The second-order valence-corrected chi connectivity index (χ2v) is 10.6. The molecule has 0 aromatic heterocycles. The van der Waals surface area contributed by atoms with Crippen molar-refractivity contribution in [2.75, 3.05) is 24.5 Å². The number of rotatable bonds is 10. The van der Waals surface area contributed by atoms with Gasteiger partial charge in [0.1, 0.15) is 23.7 Å². The summed E-state index contributed by atoms with van der Waals surface area (Å²) in [5.74, 6) is -0.198. The minimum absolute atomic E-state index is 0.0340. The van der Waals surface area contributed by atoms with Gasteiger partial charge in [-0.15, -0.1) is 13.2 Å². The molecule has 0 aliphatic carbocycles. The van der Waals surface area contributed by atoms with Gasteiger partial charge in [-0.1, -0.05) is 42.5 Å². The Kier molecular flexibility index (Phi) is 9.22. The number of fused-ring (bicyclic) bond motifs is 1. The standard InChI is InChI=1S/C31H33F3N2O5/c1-30(2,3)41-29(38)13-15-35-19-28(37)36-16-14-23-18-24(10-12-26(23)36)39-20-21-9-11-25(22-7-5-4-6-8-22)27(17-21)40-31(32,33)34/h4-12,17-18,35H,13-16,19-20H2,1-3H3. The van der Waals surface area contributed by atoms with Gasteiger partial charge in [0.25, 0.3) is 0 Å². The summed E-state index contributed by atoms with van der Waals surface area (Å²) in [6.07, 6.45) is -4.02. The SMILES string of the molecule is CC(C)(C)OC(=O)CCNCC(=O)N1CCc2cc(OCc3ccc(-c4ccccc4)c(OC(F)(F)F)c3)ccc21. The highest BCUT2D eigenvalue weighted by atomic mass is 19.4. The van der Waals surface area contributed by atoms with E-state index in [0.29, 0.717) is 42.0 Å². The molecule has 0 saturated heterocycles. The van der Waals surface area contributed by atoms with Crippen molar-refractivity contribution in [3.63, 3.8) is 0 Å². The van der Waals surface area contributed by atoms with E-state index < -0.39 is 12.0 Å². The van der Waals surface area contributed by atoms with Gasteiger partial charge in [0.15, 0.2) is 0 Å². The molecule has 41 heavy (non-hydrogen) atoms. The summed E-state index contributed by atoms with van der Waals surface area (Å²) in [5.41, 5.74) is 2.61. The van der Waals surface area contributed by atoms with Gasteiger partial charge in [0, 0.05) is 24.3 Å². The Labute approximate surface area is 237 Å². The number of hydrogen-bond donors (Lipinski definition) is 1. The summed E-state index contributed by atoms with van der Waals surface area (Å²) in [6, 6.07) is 18.7. The Bertz CT molecular complexity index is 1370. The van der Waals surface area contributed by atoms with Gasteiger partial charge in [-0.25, -0.2) is 0 Å². The van der Waals surface area contributed by atoms with E-state index in [1.54, 1.807) is 80.3 Å². The first-order valence-corrected chi connectivity index (χ1v) is 13.3. The van der Waals surface area contributed by atoms with Crippen molar-refractivity contribution in [3.05, 3.63) is 77.9 Å². The molecular formula is C31H33F3N2O5. The van der Waals surface area contributed by atoms with E-state index in [4.69, 9.17) is 9.47 Å². The second-order valence-electron chi connectivity index (χ2n) is 10.6. The predicted octanol–water partition coefficient (Wildman–Crippen LogP) is 6.04. The summed E-state index contributed by atoms with van der Waals surface area (Å²) in [6.45, 7) is 6.37. The van der Waals surface area contributed by atoms with Crippen LogP contribution in [-0.2, 0) is 27.4 Å². The molecule has 1 aliphatic rings. The van der Waals surface area contributed by atoms with Crippen molar-refractivity contribution < 1.29 is 37.0 Å². The number of benzene rings is 3. The molecule has 1 amide bonds. The van der Waals surface area contributed by atoms with Crippen molar-refractivity contribution in [3.8, 4) is 22.6 Å². The number of ether oxygens (including phenoxy) is 3. The fraction of sp³-hybridized carbons (Fsp3) is 0.355. The van der Waals surface area contributed by atoms with Gasteiger partial charge in [-0.3, -0.25) is 9.59 Å². The van der Waals surface area contributed by atoms with Crippen LogP contribution in [0.5, 0.6) is 11.5 Å². The van der Waals surface area contributed by atoms with E-state index in [0.717, 1.165) is 11.3 Å². The largest absolute Gasteiger partial charge is 0.573 e. The van der Waals surface area contributed by atoms with Gasteiger partial charge >= 0.3 is 12.3 Å². The van der Waals surface area contributed by atoms with Crippen LogP contribution in [0.4, 0.5) is 18.9 Å². The van der Waals surface area contributed by atoms with Crippen LogP contribution in [0.3, 0.4) is 0 Å². The molecule has 10 heteroatoms. The molecule has 0 saturated carbocycles. The minimum Gasteiger partial charge on any atom is -0.489 e. The van der Waals surface area contributed by atoms with Crippen LogP contribution in [-0.4, -0.2) is 43.5 Å². The quantitative estimate of drug-likeness (QED) is 0.237. The molecule has 0 spiro atoms. The molecule has 0 bridgehead atoms. The van der Waals surface area contributed by atoms with E-state index in [2.05, 4.69) is 10.1 Å². The first kappa shape index (κ1) is 29.9. The van der Waals surface area contributed by atoms with E-state index in [1.165, 1.54) is 6.07 Å². The van der Waals surface area contributed by atoms with Gasteiger partial charge in [-0.05, 0) is 68.1 Å². The summed E-state index contributed by atoms with van der Waals surface area (Å²) < 4.78 is 54.8. The van der Waals surface area contributed by atoms with Crippen LogP contribution in [0.25, 0.3) is 11.1 Å². The van der Waals surface area contributed by atoms with Crippen molar-refractivity contribution in [1.29, 1.82) is 0 Å². The molecule has 218 valence electrons. The molecule has 1 N–H and O–H groups in total. The zero-order valence-corrected chi connectivity index (χ0v) is 23.2. The number of esters is 1. The van der Waals surface area contributed by atoms with Gasteiger partial charge in [-0.2, -0.15) is 0 Å². The van der Waals surface area contributed by atoms with Crippen molar-refractivity contribution in [1.82, 2.24) is 5.32 Å². The maximum atomic E-state index is 13.1. The highest BCUT2D eigenvalue weighted by molar-refractivity contribution is 5.97. The molecule has 1 aliphatic heterocycles. The monoisotopic (exact) mass is 570 g/mol. The Morgan fingerprint density at radius 2 is 1.73 bits per heavy atom. The molecule has 7 nitrogen and oxygen atoms in total. The third-order valence-electron chi connectivity index (χ3n) is 6.21. The number of alkyl halides is 3. The maximum Gasteiger partial charge on any atom is 0.573 e. The fourth-order valence-corrected chi connectivity index (χ4v) is 4.49. The molecule has 1 heterocycles. The predicted molar refractivity (Wildman–Crippen MR) is 149 cm³/mol. The summed E-state index contributed by atoms with van der Waals surface area (Å²) in [7, 11) is 0. The molecule has 0 radical (unpaired) electrons. The highest BCUT2D eigenvalue weighted by Gasteiger charge is 2.32. The maximum absolute atomic E-state index is 13.1. The first-order valence-electron chi connectivity index (χ1n) is 13.3. The number of hydrogen-bond acceptors (Lipinski definition) is 6. The first-order chi connectivity index (χ1) is 19.4. The third kappa shape index (κ3) is 8.72. The molecule has 4 rings (SSSR count). The highest BCUT2D eigenvalue weighted by Crippen LogP contribution is 2.36. The van der Waals surface area contributed by atoms with Crippen LogP contribution in [0.2, 0.25) is 0 Å². The van der Waals surface area contributed by atoms with E-state index in [9.17, 15) is 22.8 Å². The summed E-state index contributed by atoms with van der Waals surface area (Å²) in [4.78, 5) is 26.3. The summed E-state index contributed by atoms with van der Waals surface area (Å²) in [5, 5.41) is 2.99. The number of amides is 1. The normalized spacial score (nSPS) is 13.1. The van der Waals surface area contributed by atoms with Crippen LogP contribution >= 0.6 is 0 Å². The number of anilines is 1. The van der Waals surface area contributed by atoms with E-state index in [1.807, 2.05) is 6.07 Å². The van der Waals surface area contributed by atoms with Crippen LogP contribution < -0.4 is 19.7 Å². The lowest BCUT2D eigenvalue weighted by Gasteiger charge is -2.20. The van der Waals surface area contributed by atoms with Gasteiger partial charge < -0.3 is 24.4 Å². The minimum atomic E-state index is -4.83. The summed E-state index contributed by atoms with van der Waals surface area (Å²) >= 11 is 0. The van der Waals surface area contributed by atoms with Crippen molar-refractivity contribution in [2.24, 2.45) is 0 Å². The smallest absolute Gasteiger partial charge is 0.489 e. The Hall–Kier alpha value is -4.05. The van der Waals surface area contributed by atoms with Crippen LogP contribution in [0.1, 0.15) is 38.3 Å². The fourth-order valence-electron chi connectivity index (χ4n) is 4.49. The molecule has 0 unspecified atom stereocenters. The Balaban J connectivity index is 1.34. The zero-order chi connectivity index (χ0) is 29.6. The molecule has 3 aromatic carbocycles. The zero-order valence-electron chi connectivity index (χ0n) is 23.2. The van der Waals surface area contributed by atoms with Crippen molar-refractivity contribution >= 4 is 17.6 Å². The van der Waals surface area contributed by atoms with Gasteiger partial charge in [0.05, 0.1) is 13.0 Å². The lowest BCUT2D eigenvalue weighted by molar-refractivity contribution is -0.274. The lowest BCUT2D eigenvalue weighted by atomic mass is 10.0.